The minimum Gasteiger partial charge on any atom is -0.226 e. The molecule has 0 amide bonds. The molecule has 0 saturated heterocycles. The molecular weight excluding hydrogens is 645 g/mol. The van der Waals surface area contributed by atoms with E-state index in [-0.39, 0.29) is 0 Å². The number of aromatic nitrogens is 2. The molecule has 7 aromatic carbocycles. The minimum absolute atomic E-state index is 0.734. The van der Waals surface area contributed by atoms with E-state index in [0.717, 1.165) is 43.8 Å². The number of nitrogens with zero attached hydrogens (tertiary/aromatic N) is 2. The van der Waals surface area contributed by atoms with Crippen LogP contribution in [-0.2, 0) is 0 Å². The predicted molar refractivity (Wildman–Crippen MR) is 215 cm³/mol. The van der Waals surface area contributed by atoms with Crippen LogP contribution in [0.2, 0.25) is 0 Å². The molecule has 0 aliphatic heterocycles. The van der Waals surface area contributed by atoms with Crippen molar-refractivity contribution < 1.29 is 0 Å². The molecule has 0 aliphatic rings. The fraction of sp³-hybridized carbons (Fsp3) is 0. The number of benzene rings is 7. The quantitative estimate of drug-likeness (QED) is 0.182. The van der Waals surface area contributed by atoms with E-state index in [0.29, 0.717) is 0 Å². The van der Waals surface area contributed by atoms with Crippen LogP contribution in [0.15, 0.2) is 170 Å². The van der Waals surface area contributed by atoms with Crippen LogP contribution in [0.4, 0.5) is 0 Å². The number of hydrogen-bond donors (Lipinski definition) is 0. The number of fused-ring (bicyclic) bond motifs is 6. The van der Waals surface area contributed by atoms with Crippen LogP contribution in [0.5, 0.6) is 0 Å². The first-order valence-corrected chi connectivity index (χ1v) is 18.4. The van der Waals surface area contributed by atoms with Crippen molar-refractivity contribution in [1.82, 2.24) is 9.97 Å². The van der Waals surface area contributed by atoms with Crippen LogP contribution in [0.3, 0.4) is 0 Å². The highest BCUT2D eigenvalue weighted by atomic mass is 32.1. The lowest BCUT2D eigenvalue weighted by atomic mass is 9.97. The number of hydrogen-bond acceptors (Lipinski definition) is 4. The first-order valence-electron chi connectivity index (χ1n) is 16.7. The zero-order valence-electron chi connectivity index (χ0n) is 26.9. The molecule has 0 bridgehead atoms. The molecule has 0 fully saturated rings. The van der Waals surface area contributed by atoms with Crippen LogP contribution in [0.25, 0.3) is 96.5 Å². The van der Waals surface area contributed by atoms with Crippen LogP contribution in [0.1, 0.15) is 0 Å². The molecule has 10 aromatic rings. The smallest absolute Gasteiger partial charge is 0.160 e. The van der Waals surface area contributed by atoms with Gasteiger partial charge in [-0.25, -0.2) is 9.97 Å². The van der Waals surface area contributed by atoms with Crippen LogP contribution >= 0.6 is 22.7 Å². The third-order valence-corrected chi connectivity index (χ3v) is 11.9. The van der Waals surface area contributed by atoms with Crippen molar-refractivity contribution >= 4 is 63.1 Å². The van der Waals surface area contributed by atoms with Gasteiger partial charge in [0.25, 0.3) is 0 Å². The largest absolute Gasteiger partial charge is 0.226 e. The second kappa shape index (κ2) is 11.9. The highest BCUT2D eigenvalue weighted by Crippen LogP contribution is 2.42. The van der Waals surface area contributed by atoms with Gasteiger partial charge in [0.15, 0.2) is 5.82 Å². The van der Waals surface area contributed by atoms with Gasteiger partial charge in [0.05, 0.1) is 15.9 Å². The number of rotatable bonds is 5. The van der Waals surface area contributed by atoms with Crippen molar-refractivity contribution in [1.29, 1.82) is 0 Å². The zero-order chi connectivity index (χ0) is 33.0. The Morgan fingerprint density at radius 1 is 0.340 bits per heavy atom. The van der Waals surface area contributed by atoms with Crippen molar-refractivity contribution in [3.05, 3.63) is 170 Å². The summed E-state index contributed by atoms with van der Waals surface area (Å²) >= 11 is 3.63. The minimum atomic E-state index is 0.734. The maximum absolute atomic E-state index is 5.37. The summed E-state index contributed by atoms with van der Waals surface area (Å²) in [6, 6.07) is 60.7. The molecule has 3 aromatic heterocycles. The van der Waals surface area contributed by atoms with Crippen LogP contribution < -0.4 is 0 Å². The Morgan fingerprint density at radius 2 is 0.860 bits per heavy atom. The molecule has 2 nitrogen and oxygen atoms in total. The van der Waals surface area contributed by atoms with Gasteiger partial charge in [-0.05, 0) is 63.7 Å². The van der Waals surface area contributed by atoms with Crippen LogP contribution in [0, 0.1) is 0 Å². The fourth-order valence-electron chi connectivity index (χ4n) is 7.07. The fourth-order valence-corrected chi connectivity index (χ4v) is 9.46. The lowest BCUT2D eigenvalue weighted by Crippen LogP contribution is -1.94. The lowest BCUT2D eigenvalue weighted by molar-refractivity contribution is 1.24. The molecule has 4 heteroatoms. The van der Waals surface area contributed by atoms with Gasteiger partial charge in [-0.2, -0.15) is 0 Å². The van der Waals surface area contributed by atoms with Crippen LogP contribution in [-0.4, -0.2) is 9.97 Å². The SMILES string of the molecule is c1ccc(-c2cccc(-c3cccc(-c4nc(-c5cccc(-c6cccc7c6sc6ccccc67)c5)nc5c4sc4ccccc45)c3)c2)cc1. The maximum Gasteiger partial charge on any atom is 0.160 e. The second-order valence-electron chi connectivity index (χ2n) is 12.6. The summed E-state index contributed by atoms with van der Waals surface area (Å²) < 4.78 is 4.94. The van der Waals surface area contributed by atoms with Crippen molar-refractivity contribution in [2.75, 3.05) is 0 Å². The Bertz CT molecular complexity index is 2880. The molecular formula is C46H28N2S2. The molecule has 0 unspecified atom stereocenters. The molecule has 0 N–H and O–H groups in total. The van der Waals surface area contributed by atoms with Gasteiger partial charge < -0.3 is 0 Å². The summed E-state index contributed by atoms with van der Waals surface area (Å²) in [7, 11) is 0. The Labute approximate surface area is 297 Å². The van der Waals surface area contributed by atoms with E-state index < -0.39 is 0 Å². The monoisotopic (exact) mass is 672 g/mol. The summed E-state index contributed by atoms with van der Waals surface area (Å²) in [5.74, 6) is 0.734. The van der Waals surface area contributed by atoms with Crippen molar-refractivity contribution in [2.24, 2.45) is 0 Å². The van der Waals surface area contributed by atoms with Gasteiger partial charge in [-0.3, -0.25) is 0 Å². The van der Waals surface area contributed by atoms with E-state index in [1.54, 1.807) is 11.3 Å². The van der Waals surface area contributed by atoms with E-state index in [9.17, 15) is 0 Å². The Balaban J connectivity index is 1.13. The van der Waals surface area contributed by atoms with Crippen molar-refractivity contribution in [3.8, 4) is 56.0 Å². The molecule has 0 aliphatic carbocycles. The average molecular weight is 673 g/mol. The molecule has 50 heavy (non-hydrogen) atoms. The molecule has 0 atom stereocenters. The molecule has 0 saturated carbocycles. The normalized spacial score (nSPS) is 11.6. The summed E-state index contributed by atoms with van der Waals surface area (Å²) in [5.41, 5.74) is 11.2. The Kier molecular flexibility index (Phi) is 6.90. The molecule has 0 spiro atoms. The molecule has 234 valence electrons. The van der Waals surface area contributed by atoms with Gasteiger partial charge in [-0.15, -0.1) is 22.7 Å². The molecule has 3 heterocycles. The van der Waals surface area contributed by atoms with E-state index in [1.807, 2.05) is 11.3 Å². The highest BCUT2D eigenvalue weighted by Gasteiger charge is 2.18. The van der Waals surface area contributed by atoms with Gasteiger partial charge >= 0.3 is 0 Å². The maximum atomic E-state index is 5.37. The third kappa shape index (κ3) is 4.92. The van der Waals surface area contributed by atoms with Crippen molar-refractivity contribution in [2.45, 2.75) is 0 Å². The molecule has 0 radical (unpaired) electrons. The summed E-state index contributed by atoms with van der Waals surface area (Å²) in [5, 5.41) is 3.77. The highest BCUT2D eigenvalue weighted by molar-refractivity contribution is 7.26. The third-order valence-electron chi connectivity index (χ3n) is 9.49. The second-order valence-corrected chi connectivity index (χ2v) is 14.7. The van der Waals surface area contributed by atoms with Gasteiger partial charge in [-0.1, -0.05) is 140 Å². The first-order chi connectivity index (χ1) is 24.8. The van der Waals surface area contributed by atoms with Gasteiger partial charge in [0.2, 0.25) is 0 Å². The topological polar surface area (TPSA) is 25.8 Å². The predicted octanol–water partition coefficient (Wildman–Crippen LogP) is 13.5. The standard InChI is InChI=1S/C46H28N2S2/c1-2-12-29(13-3-1)30-14-8-15-31(26-30)32-16-9-18-34(27-32)42-45-43(39-21-5-7-25-41(39)50-45)48-46(47-42)35-19-10-17-33(28-35)36-22-11-23-38-37-20-4-6-24-40(37)49-44(36)38/h1-28H. The Morgan fingerprint density at radius 3 is 1.66 bits per heavy atom. The van der Waals surface area contributed by atoms with Crippen molar-refractivity contribution in [3.63, 3.8) is 0 Å². The summed E-state index contributed by atoms with van der Waals surface area (Å²) in [4.78, 5) is 10.6. The van der Waals surface area contributed by atoms with Gasteiger partial charge in [0, 0.05) is 41.4 Å². The first kappa shape index (κ1) is 29.0. The average Bonchev–Trinajstić information content (AvgIpc) is 3.77. The van der Waals surface area contributed by atoms with E-state index in [1.165, 1.54) is 52.7 Å². The number of thiophene rings is 2. The summed E-state index contributed by atoms with van der Waals surface area (Å²) in [6.45, 7) is 0. The van der Waals surface area contributed by atoms with E-state index >= 15 is 0 Å². The lowest BCUT2D eigenvalue weighted by Gasteiger charge is -2.11. The van der Waals surface area contributed by atoms with E-state index in [2.05, 4.69) is 170 Å². The molecule has 10 rings (SSSR count). The van der Waals surface area contributed by atoms with Gasteiger partial charge in [0.1, 0.15) is 0 Å². The zero-order valence-corrected chi connectivity index (χ0v) is 28.5. The Hall–Kier alpha value is -5.94. The van der Waals surface area contributed by atoms with E-state index in [4.69, 9.17) is 9.97 Å². The summed E-state index contributed by atoms with van der Waals surface area (Å²) in [6.07, 6.45) is 0.